The van der Waals surface area contributed by atoms with Crippen LogP contribution >= 0.6 is 11.6 Å². The summed E-state index contributed by atoms with van der Waals surface area (Å²) >= 11 is 6.10. The molecule has 0 bridgehead atoms. The van der Waals surface area contributed by atoms with Gasteiger partial charge in [0, 0.05) is 13.5 Å². The van der Waals surface area contributed by atoms with Crippen LogP contribution < -0.4 is 5.32 Å². The van der Waals surface area contributed by atoms with Crippen molar-refractivity contribution in [2.24, 2.45) is 0 Å². The Morgan fingerprint density at radius 1 is 1.55 bits per heavy atom. The van der Waals surface area contributed by atoms with E-state index < -0.39 is 30.2 Å². The van der Waals surface area contributed by atoms with Crippen molar-refractivity contribution in [3.63, 3.8) is 0 Å². The van der Waals surface area contributed by atoms with Crippen LogP contribution in [0.5, 0.6) is 0 Å². The molecule has 12 heteroatoms. The third-order valence-corrected chi connectivity index (χ3v) is 4.99. The molecular weight excluding hydrogens is 415 g/mol. The van der Waals surface area contributed by atoms with E-state index in [4.69, 9.17) is 21.1 Å². The molecule has 3 heterocycles. The summed E-state index contributed by atoms with van der Waals surface area (Å²) < 4.78 is 51.5. The molecule has 1 aliphatic rings. The number of halogens is 4. The van der Waals surface area contributed by atoms with Gasteiger partial charge in [-0.3, -0.25) is 4.79 Å². The van der Waals surface area contributed by atoms with Gasteiger partial charge in [0.1, 0.15) is 17.7 Å². The maximum absolute atomic E-state index is 13.3. The van der Waals surface area contributed by atoms with E-state index in [2.05, 4.69) is 15.4 Å². The summed E-state index contributed by atoms with van der Waals surface area (Å²) in [7, 11) is 0. The highest BCUT2D eigenvalue weighted by Crippen LogP contribution is 2.40. The molecule has 156 valence electrons. The minimum absolute atomic E-state index is 0.00772. The average molecular weight is 432 g/mol. The lowest BCUT2D eigenvalue weighted by atomic mass is 10.0. The number of nitriles is 1. The van der Waals surface area contributed by atoms with Crippen LogP contribution in [-0.4, -0.2) is 52.1 Å². The van der Waals surface area contributed by atoms with Crippen LogP contribution in [-0.2, 0) is 14.3 Å². The highest BCUT2D eigenvalue weighted by Gasteiger charge is 2.41. The molecule has 3 rings (SSSR count). The molecule has 0 radical (unpaired) electrons. The summed E-state index contributed by atoms with van der Waals surface area (Å²) in [6.07, 6.45) is -3.48. The number of hydrogen-bond donors (Lipinski definition) is 1. The number of hydrogen-bond acceptors (Lipinski definition) is 7. The molecular formula is C17H17ClF3N5O3. The van der Waals surface area contributed by atoms with Gasteiger partial charge in [-0.15, -0.1) is 5.10 Å². The minimum Gasteiger partial charge on any atom is -0.458 e. The number of alkyl halides is 3. The summed E-state index contributed by atoms with van der Waals surface area (Å²) in [5, 5.41) is 16.3. The maximum atomic E-state index is 13.3. The monoisotopic (exact) mass is 431 g/mol. The van der Waals surface area contributed by atoms with Gasteiger partial charge in [-0.05, 0) is 13.3 Å². The van der Waals surface area contributed by atoms with Crippen molar-refractivity contribution in [3.05, 3.63) is 22.5 Å². The molecule has 1 aliphatic heterocycles. The number of anilines is 1. The first kappa shape index (κ1) is 21.1. The van der Waals surface area contributed by atoms with E-state index in [1.54, 1.807) is 6.07 Å². The normalized spacial score (nSPS) is 20.9. The zero-order valence-corrected chi connectivity index (χ0v) is 16.2. The fraction of sp³-hybridized carbons (Fsp3) is 0.529. The van der Waals surface area contributed by atoms with Crippen molar-refractivity contribution >= 4 is 29.0 Å². The zero-order valence-electron chi connectivity index (χ0n) is 15.5. The highest BCUT2D eigenvalue weighted by molar-refractivity contribution is 6.35. The lowest BCUT2D eigenvalue weighted by Crippen LogP contribution is -2.44. The molecule has 1 N–H and O–H groups in total. The Morgan fingerprint density at radius 2 is 2.28 bits per heavy atom. The van der Waals surface area contributed by atoms with Gasteiger partial charge in [0.05, 0.1) is 41.0 Å². The van der Waals surface area contributed by atoms with E-state index in [1.165, 1.54) is 13.1 Å². The topological polar surface area (TPSA) is 102 Å². The number of carbonyl (C=O) groups is 1. The van der Waals surface area contributed by atoms with Crippen LogP contribution in [0.1, 0.15) is 37.4 Å². The van der Waals surface area contributed by atoms with Crippen LogP contribution in [0.25, 0.3) is 5.52 Å². The smallest absolute Gasteiger partial charge is 0.397 e. The Hall–Kier alpha value is -2.58. The maximum Gasteiger partial charge on any atom is 0.397 e. The highest BCUT2D eigenvalue weighted by atomic mass is 35.5. The van der Waals surface area contributed by atoms with Crippen molar-refractivity contribution < 1.29 is 27.4 Å². The van der Waals surface area contributed by atoms with Gasteiger partial charge in [0.25, 0.3) is 0 Å². The molecule has 0 saturated carbocycles. The summed E-state index contributed by atoms with van der Waals surface area (Å²) in [5.74, 6) is -2.45. The van der Waals surface area contributed by atoms with Crippen LogP contribution in [0.2, 0.25) is 5.02 Å². The predicted molar refractivity (Wildman–Crippen MR) is 95.6 cm³/mol. The van der Waals surface area contributed by atoms with Gasteiger partial charge < -0.3 is 14.8 Å². The van der Waals surface area contributed by atoms with Gasteiger partial charge in [-0.1, -0.05) is 11.6 Å². The van der Waals surface area contributed by atoms with Crippen molar-refractivity contribution in [2.45, 2.75) is 44.5 Å². The SMILES string of the molecule is CC(=O)OC1COCCC1Nc1ncc2c(Cl)c(C#N)c(C(C)C(F)(F)F)n2n1. The Bertz CT molecular complexity index is 972. The van der Waals surface area contributed by atoms with Gasteiger partial charge in [0.2, 0.25) is 5.95 Å². The summed E-state index contributed by atoms with van der Waals surface area (Å²) in [6.45, 7) is 2.78. The van der Waals surface area contributed by atoms with Crippen LogP contribution in [0.15, 0.2) is 6.20 Å². The van der Waals surface area contributed by atoms with E-state index in [-0.39, 0.29) is 34.4 Å². The van der Waals surface area contributed by atoms with Gasteiger partial charge in [-0.25, -0.2) is 9.50 Å². The summed E-state index contributed by atoms with van der Waals surface area (Å²) in [6, 6.07) is 1.33. The van der Waals surface area contributed by atoms with Crippen LogP contribution in [0.4, 0.5) is 19.1 Å². The number of ether oxygens (including phenoxy) is 2. The van der Waals surface area contributed by atoms with Crippen molar-refractivity contribution in [1.29, 1.82) is 5.26 Å². The Kier molecular flexibility index (Phi) is 5.86. The second-order valence-corrected chi connectivity index (χ2v) is 6.97. The van der Waals surface area contributed by atoms with E-state index in [0.717, 1.165) is 11.4 Å². The molecule has 1 fully saturated rings. The second kappa shape index (κ2) is 8.04. The first-order chi connectivity index (χ1) is 13.6. The van der Waals surface area contributed by atoms with E-state index >= 15 is 0 Å². The third kappa shape index (κ3) is 4.23. The Labute approximate surface area is 168 Å². The summed E-state index contributed by atoms with van der Waals surface area (Å²) in [4.78, 5) is 15.4. The molecule has 0 amide bonds. The summed E-state index contributed by atoms with van der Waals surface area (Å²) in [5.41, 5.74) is -0.579. The Balaban J connectivity index is 2.01. The molecule has 1 saturated heterocycles. The van der Waals surface area contributed by atoms with Crippen molar-refractivity contribution in [2.75, 3.05) is 18.5 Å². The molecule has 3 atom stereocenters. The molecule has 0 aromatic carbocycles. The average Bonchev–Trinajstić information content (AvgIpc) is 2.92. The van der Waals surface area contributed by atoms with E-state index in [0.29, 0.717) is 13.0 Å². The minimum atomic E-state index is -4.59. The number of esters is 1. The van der Waals surface area contributed by atoms with Gasteiger partial charge >= 0.3 is 12.1 Å². The number of nitrogens with one attached hydrogen (secondary N) is 1. The largest absolute Gasteiger partial charge is 0.458 e. The molecule has 0 aliphatic carbocycles. The molecule has 2 aromatic heterocycles. The standard InChI is InChI=1S/C17H17ClF3N5O3/c1-8(17(19,20)21)15-10(5-22)14(18)12-6-23-16(25-26(12)15)24-11-3-4-28-7-13(11)29-9(2)27/h6,8,11,13H,3-4,7H2,1-2H3,(H,24,25). The number of rotatable bonds is 4. The fourth-order valence-electron chi connectivity index (χ4n) is 3.13. The first-order valence-corrected chi connectivity index (χ1v) is 9.06. The molecule has 0 spiro atoms. The zero-order chi connectivity index (χ0) is 21.3. The van der Waals surface area contributed by atoms with Crippen molar-refractivity contribution in [1.82, 2.24) is 14.6 Å². The number of fused-ring (bicyclic) bond motifs is 1. The lowest BCUT2D eigenvalue weighted by Gasteiger charge is -2.31. The van der Waals surface area contributed by atoms with Crippen LogP contribution in [0.3, 0.4) is 0 Å². The second-order valence-electron chi connectivity index (χ2n) is 6.59. The third-order valence-electron chi connectivity index (χ3n) is 4.61. The first-order valence-electron chi connectivity index (χ1n) is 8.69. The fourth-order valence-corrected chi connectivity index (χ4v) is 3.40. The van der Waals surface area contributed by atoms with Gasteiger partial charge in [0.15, 0.2) is 0 Å². The number of carbonyl (C=O) groups excluding carboxylic acids is 1. The number of aromatic nitrogens is 3. The predicted octanol–water partition coefficient (Wildman–Crippen LogP) is 3.05. The Morgan fingerprint density at radius 3 is 2.90 bits per heavy atom. The quantitative estimate of drug-likeness (QED) is 0.742. The lowest BCUT2D eigenvalue weighted by molar-refractivity contribution is -0.153. The number of nitrogens with zero attached hydrogens (tertiary/aromatic N) is 4. The van der Waals surface area contributed by atoms with E-state index in [1.807, 2.05) is 0 Å². The van der Waals surface area contributed by atoms with E-state index in [9.17, 15) is 23.2 Å². The van der Waals surface area contributed by atoms with Gasteiger partial charge in [-0.2, -0.15) is 18.4 Å². The van der Waals surface area contributed by atoms with Crippen molar-refractivity contribution in [3.8, 4) is 6.07 Å². The van der Waals surface area contributed by atoms with Crippen LogP contribution in [0, 0.1) is 11.3 Å². The molecule has 2 aromatic rings. The molecule has 29 heavy (non-hydrogen) atoms. The molecule has 3 unspecified atom stereocenters. The molecule has 8 nitrogen and oxygen atoms in total.